The monoisotopic (exact) mass is 336 g/mol. The molecule has 0 heterocycles. The van der Waals surface area contributed by atoms with Crippen molar-refractivity contribution in [1.29, 1.82) is 0 Å². The lowest BCUT2D eigenvalue weighted by atomic mass is 10.0. The van der Waals surface area contributed by atoms with Crippen LogP contribution < -0.4 is 4.74 Å². The van der Waals surface area contributed by atoms with Gasteiger partial charge < -0.3 is 4.74 Å². The van der Waals surface area contributed by atoms with Crippen molar-refractivity contribution < 1.29 is 4.74 Å². The minimum atomic E-state index is 0.313. The van der Waals surface area contributed by atoms with Crippen LogP contribution in [0.5, 0.6) is 5.75 Å². The number of ether oxygens (including phenoxy) is 1. The van der Waals surface area contributed by atoms with Crippen LogP contribution in [0.25, 0.3) is 0 Å². The van der Waals surface area contributed by atoms with Crippen LogP contribution in [-0.2, 0) is 0 Å². The molecule has 0 aromatic heterocycles. The molecule has 0 aliphatic carbocycles. The zero-order chi connectivity index (χ0) is 13.7. The lowest BCUT2D eigenvalue weighted by molar-refractivity contribution is 0.296. The Hall–Kier alpha value is -0.930. The molecule has 2 rings (SSSR count). The topological polar surface area (TPSA) is 9.23 Å². The summed E-state index contributed by atoms with van der Waals surface area (Å²) in [5.41, 5.74) is 2.41. The molecule has 100 valence electrons. The Morgan fingerprint density at radius 2 is 1.89 bits per heavy atom. The fraction of sp³-hybridized carbons (Fsp3) is 0.250. The van der Waals surface area contributed by atoms with Crippen molar-refractivity contribution in [3.8, 4) is 5.75 Å². The average molecular weight is 337 g/mol. The van der Waals surface area contributed by atoms with E-state index in [0.29, 0.717) is 12.5 Å². The van der Waals surface area contributed by atoms with E-state index in [4.69, 9.17) is 4.74 Å². The van der Waals surface area contributed by atoms with Crippen LogP contribution in [0.1, 0.15) is 17.0 Å². The molecule has 19 heavy (non-hydrogen) atoms. The van der Waals surface area contributed by atoms with E-state index in [9.17, 15) is 0 Å². The van der Waals surface area contributed by atoms with Crippen LogP contribution >= 0.6 is 28.6 Å². The van der Waals surface area contributed by atoms with Crippen LogP contribution in [0.4, 0.5) is 0 Å². The van der Waals surface area contributed by atoms with Gasteiger partial charge in [0.25, 0.3) is 0 Å². The molecule has 1 atom stereocenters. The molecule has 0 aliphatic heterocycles. The fourth-order valence-electron chi connectivity index (χ4n) is 1.94. The highest BCUT2D eigenvalue weighted by Crippen LogP contribution is 2.24. The predicted octanol–water partition coefficient (Wildman–Crippen LogP) is 4.85. The second kappa shape index (κ2) is 7.01. The van der Waals surface area contributed by atoms with Crippen molar-refractivity contribution in [2.45, 2.75) is 12.8 Å². The van der Waals surface area contributed by atoms with E-state index in [0.717, 1.165) is 21.5 Å². The summed E-state index contributed by atoms with van der Waals surface area (Å²) < 4.78 is 7.00. The van der Waals surface area contributed by atoms with E-state index in [1.807, 2.05) is 18.2 Å². The predicted molar refractivity (Wildman–Crippen MR) is 87.4 cm³/mol. The Bertz CT molecular complexity index is 528. The van der Waals surface area contributed by atoms with E-state index < -0.39 is 0 Å². The van der Waals surface area contributed by atoms with Gasteiger partial charge in [0, 0.05) is 16.1 Å². The maximum atomic E-state index is 5.93. The Morgan fingerprint density at radius 1 is 1.16 bits per heavy atom. The number of thiol groups is 1. The maximum absolute atomic E-state index is 5.93. The van der Waals surface area contributed by atoms with Crippen molar-refractivity contribution in [1.82, 2.24) is 0 Å². The van der Waals surface area contributed by atoms with Gasteiger partial charge in [-0.2, -0.15) is 12.6 Å². The number of benzene rings is 2. The molecule has 1 nitrogen and oxygen atoms in total. The standard InChI is InChI=1S/C16H17BrOS/c1-12-9-15(17)7-8-16(12)18-10-14(11-19)13-5-3-2-4-6-13/h2-9,14,19H,10-11H2,1H3. The Morgan fingerprint density at radius 3 is 2.53 bits per heavy atom. The molecule has 0 amide bonds. The number of hydrogen-bond acceptors (Lipinski definition) is 2. The highest BCUT2D eigenvalue weighted by Gasteiger charge is 2.11. The molecule has 2 aromatic rings. The first-order valence-electron chi connectivity index (χ1n) is 6.25. The highest BCUT2D eigenvalue weighted by atomic mass is 79.9. The second-order valence-electron chi connectivity index (χ2n) is 4.51. The quantitative estimate of drug-likeness (QED) is 0.768. The van der Waals surface area contributed by atoms with Gasteiger partial charge in [0.15, 0.2) is 0 Å². The van der Waals surface area contributed by atoms with Gasteiger partial charge in [0.05, 0.1) is 6.61 Å². The molecule has 3 heteroatoms. The molecule has 1 unspecified atom stereocenters. The summed E-state index contributed by atoms with van der Waals surface area (Å²) in [4.78, 5) is 0. The van der Waals surface area contributed by atoms with Crippen molar-refractivity contribution in [3.05, 3.63) is 64.1 Å². The fourth-order valence-corrected chi connectivity index (χ4v) is 2.74. The van der Waals surface area contributed by atoms with Crippen LogP contribution in [0.2, 0.25) is 0 Å². The summed E-state index contributed by atoms with van der Waals surface area (Å²) in [7, 11) is 0. The van der Waals surface area contributed by atoms with Gasteiger partial charge in [0.2, 0.25) is 0 Å². The Balaban J connectivity index is 2.04. The lowest BCUT2D eigenvalue weighted by Gasteiger charge is -2.17. The lowest BCUT2D eigenvalue weighted by Crippen LogP contribution is -2.12. The first-order valence-corrected chi connectivity index (χ1v) is 7.68. The van der Waals surface area contributed by atoms with Crippen molar-refractivity contribution >= 4 is 28.6 Å². The third kappa shape index (κ3) is 4.02. The van der Waals surface area contributed by atoms with Crippen LogP contribution in [0.3, 0.4) is 0 Å². The third-order valence-electron chi connectivity index (χ3n) is 3.07. The molecule has 0 N–H and O–H groups in total. The number of hydrogen-bond donors (Lipinski definition) is 1. The number of halogens is 1. The van der Waals surface area contributed by atoms with Crippen LogP contribution in [0, 0.1) is 6.92 Å². The van der Waals surface area contributed by atoms with Gasteiger partial charge in [-0.1, -0.05) is 46.3 Å². The highest BCUT2D eigenvalue weighted by molar-refractivity contribution is 9.10. The number of aryl methyl sites for hydroxylation is 1. The SMILES string of the molecule is Cc1cc(Br)ccc1OCC(CS)c1ccccc1. The van der Waals surface area contributed by atoms with Crippen molar-refractivity contribution in [2.75, 3.05) is 12.4 Å². The largest absolute Gasteiger partial charge is 0.493 e. The average Bonchev–Trinajstić information content (AvgIpc) is 2.43. The second-order valence-corrected chi connectivity index (χ2v) is 5.79. The van der Waals surface area contributed by atoms with Gasteiger partial charge in [-0.05, 0) is 36.2 Å². The maximum Gasteiger partial charge on any atom is 0.122 e. The molecular formula is C16H17BrOS. The van der Waals surface area contributed by atoms with Gasteiger partial charge in [-0.3, -0.25) is 0 Å². The first-order chi connectivity index (χ1) is 9.20. The summed E-state index contributed by atoms with van der Waals surface area (Å²) >= 11 is 7.89. The molecule has 0 saturated heterocycles. The third-order valence-corrected chi connectivity index (χ3v) is 4.00. The Labute approximate surface area is 128 Å². The van der Waals surface area contributed by atoms with Crippen molar-refractivity contribution in [2.24, 2.45) is 0 Å². The van der Waals surface area contributed by atoms with Crippen LogP contribution in [-0.4, -0.2) is 12.4 Å². The smallest absolute Gasteiger partial charge is 0.122 e. The van der Waals surface area contributed by atoms with E-state index in [-0.39, 0.29) is 0 Å². The van der Waals surface area contributed by atoms with Crippen LogP contribution in [0.15, 0.2) is 53.0 Å². The molecule has 0 fully saturated rings. The minimum Gasteiger partial charge on any atom is -0.493 e. The van der Waals surface area contributed by atoms with Gasteiger partial charge in [-0.25, -0.2) is 0 Å². The van der Waals surface area contributed by atoms with E-state index in [2.05, 4.69) is 65.8 Å². The summed E-state index contributed by atoms with van der Waals surface area (Å²) in [6.45, 7) is 2.70. The molecule has 0 aliphatic rings. The van der Waals surface area contributed by atoms with E-state index in [1.54, 1.807) is 0 Å². The van der Waals surface area contributed by atoms with Crippen molar-refractivity contribution in [3.63, 3.8) is 0 Å². The summed E-state index contributed by atoms with van der Waals surface area (Å²) in [5.74, 6) is 2.03. The van der Waals surface area contributed by atoms with E-state index in [1.165, 1.54) is 5.56 Å². The summed E-state index contributed by atoms with van der Waals surface area (Å²) in [6, 6.07) is 16.4. The summed E-state index contributed by atoms with van der Waals surface area (Å²) in [5, 5.41) is 0. The van der Waals surface area contributed by atoms with Gasteiger partial charge >= 0.3 is 0 Å². The normalized spacial score (nSPS) is 12.2. The number of rotatable bonds is 5. The molecular weight excluding hydrogens is 320 g/mol. The molecule has 0 bridgehead atoms. The molecule has 2 aromatic carbocycles. The Kier molecular flexibility index (Phi) is 5.34. The summed E-state index contributed by atoms with van der Waals surface area (Å²) in [6.07, 6.45) is 0. The molecule has 0 spiro atoms. The molecule has 0 saturated carbocycles. The van der Waals surface area contributed by atoms with Gasteiger partial charge in [-0.15, -0.1) is 0 Å². The zero-order valence-electron chi connectivity index (χ0n) is 10.8. The molecule has 0 radical (unpaired) electrons. The van der Waals surface area contributed by atoms with E-state index >= 15 is 0 Å². The minimum absolute atomic E-state index is 0.313. The first kappa shape index (κ1) is 14.5. The zero-order valence-corrected chi connectivity index (χ0v) is 13.3. The van der Waals surface area contributed by atoms with Gasteiger partial charge in [0.1, 0.15) is 5.75 Å².